The topological polar surface area (TPSA) is 111 Å². The normalized spacial score (nSPS) is 21.8. The van der Waals surface area contributed by atoms with Crippen molar-refractivity contribution in [3.05, 3.63) is 65.2 Å². The summed E-state index contributed by atoms with van der Waals surface area (Å²) in [5.41, 5.74) is 2.37. The average Bonchev–Trinajstić information content (AvgIpc) is 3.72. The van der Waals surface area contributed by atoms with Gasteiger partial charge in [-0.15, -0.1) is 0 Å². The van der Waals surface area contributed by atoms with Crippen LogP contribution >= 0.6 is 11.6 Å². The van der Waals surface area contributed by atoms with E-state index in [1.54, 1.807) is 24.5 Å². The molecular weight excluding hydrogens is 653 g/mol. The highest BCUT2D eigenvalue weighted by atomic mass is 35.5. The third-order valence-corrected chi connectivity index (χ3v) is 11.3. The van der Waals surface area contributed by atoms with Crippen LogP contribution in [0.4, 0.5) is 4.39 Å². The summed E-state index contributed by atoms with van der Waals surface area (Å²) < 4.78 is 25.9. The van der Waals surface area contributed by atoms with Crippen molar-refractivity contribution in [3.8, 4) is 29.1 Å². The lowest BCUT2D eigenvalue weighted by Gasteiger charge is -2.39. The van der Waals surface area contributed by atoms with Crippen LogP contribution in [0.1, 0.15) is 63.5 Å². The first kappa shape index (κ1) is 32.4. The number of hydrogen-bond donors (Lipinski definition) is 0. The third kappa shape index (κ3) is 5.42. The van der Waals surface area contributed by atoms with E-state index in [4.69, 9.17) is 26.3 Å². The zero-order chi connectivity index (χ0) is 34.7. The maximum atomic E-state index is 17.2. The molecule has 4 atom stereocenters. The molecule has 0 bridgehead atoms. The Kier molecular flexibility index (Phi) is 8.33. The quantitative estimate of drug-likeness (QED) is 0.172. The van der Waals surface area contributed by atoms with Gasteiger partial charge in [-0.05, 0) is 82.1 Å². The van der Waals surface area contributed by atoms with Crippen molar-refractivity contribution < 1.29 is 13.9 Å². The van der Waals surface area contributed by atoms with Crippen LogP contribution in [-0.4, -0.2) is 68.6 Å². The Bertz CT molecular complexity index is 2250. The van der Waals surface area contributed by atoms with Crippen molar-refractivity contribution in [2.24, 2.45) is 5.92 Å². The summed E-state index contributed by atoms with van der Waals surface area (Å²) in [6.45, 7) is 3.53. The fourth-order valence-electron chi connectivity index (χ4n) is 8.31. The monoisotopic (exact) mass is 689 g/mol. The molecule has 0 radical (unpaired) electrons. The molecule has 1 aliphatic carbocycles. The van der Waals surface area contributed by atoms with Crippen LogP contribution in [0.15, 0.2) is 48.8 Å². The molecule has 9 nitrogen and oxygen atoms in total. The smallest absolute Gasteiger partial charge is 0.243 e. The van der Waals surface area contributed by atoms with Gasteiger partial charge in [-0.3, -0.25) is 9.69 Å². The molecule has 1 amide bonds. The second-order valence-corrected chi connectivity index (χ2v) is 14.5. The molecule has 50 heavy (non-hydrogen) atoms. The molecule has 5 aromatic rings. The van der Waals surface area contributed by atoms with Gasteiger partial charge in [-0.2, -0.15) is 10.5 Å². The Hall–Kier alpha value is -4.77. The SMILES string of the molecule is C[C@H](Oc1nc2c(F)c(-c3cccc4cccc(C#N)c34)c(Cl)cc2c2c1ncn2[C@H]1CCN(C(=O)C2CC2)[C@H](CC#N)C1)[C@@H]1CCCN1C. The number of fused-ring (bicyclic) bond motifs is 4. The van der Waals surface area contributed by atoms with Gasteiger partial charge in [0.05, 0.1) is 41.0 Å². The summed E-state index contributed by atoms with van der Waals surface area (Å²) >= 11 is 7.03. The van der Waals surface area contributed by atoms with Crippen LogP contribution in [0.3, 0.4) is 0 Å². The van der Waals surface area contributed by atoms with Gasteiger partial charge in [0.2, 0.25) is 11.8 Å². The van der Waals surface area contributed by atoms with Crippen LogP contribution in [-0.2, 0) is 4.79 Å². The largest absolute Gasteiger partial charge is 0.471 e. The molecule has 3 aliphatic rings. The number of ether oxygens (including phenoxy) is 1. The van der Waals surface area contributed by atoms with Gasteiger partial charge < -0.3 is 14.2 Å². The number of hydrogen-bond acceptors (Lipinski definition) is 7. The Balaban J connectivity index is 1.31. The number of aromatic nitrogens is 3. The number of pyridine rings is 1. The number of carbonyl (C=O) groups is 1. The number of likely N-dealkylation sites (tertiary alicyclic amines) is 2. The van der Waals surface area contributed by atoms with Crippen LogP contribution in [0.25, 0.3) is 43.8 Å². The van der Waals surface area contributed by atoms with Gasteiger partial charge in [0.1, 0.15) is 11.6 Å². The number of amides is 1. The summed E-state index contributed by atoms with van der Waals surface area (Å²) in [5, 5.41) is 21.8. The summed E-state index contributed by atoms with van der Waals surface area (Å²) in [6.07, 6.45) is 6.87. The summed E-state index contributed by atoms with van der Waals surface area (Å²) in [6, 6.07) is 17.1. The molecule has 0 N–H and O–H groups in total. The molecule has 2 aliphatic heterocycles. The van der Waals surface area contributed by atoms with Gasteiger partial charge in [0.25, 0.3) is 0 Å². The van der Waals surface area contributed by atoms with Crippen LogP contribution in [0, 0.1) is 34.4 Å². The summed E-state index contributed by atoms with van der Waals surface area (Å²) in [4.78, 5) is 27.0. The minimum Gasteiger partial charge on any atom is -0.471 e. The molecule has 0 unspecified atom stereocenters. The number of nitrogens with zero attached hydrogens (tertiary/aromatic N) is 7. The lowest BCUT2D eigenvalue weighted by molar-refractivity contribution is -0.136. The van der Waals surface area contributed by atoms with E-state index in [-0.39, 0.29) is 64.5 Å². The van der Waals surface area contributed by atoms with E-state index in [0.29, 0.717) is 52.3 Å². The number of halogens is 2. The van der Waals surface area contributed by atoms with E-state index in [0.717, 1.165) is 37.6 Å². The predicted octanol–water partition coefficient (Wildman–Crippen LogP) is 7.79. The standard InChI is InChI=1S/C39H37ClFN7O2/c1-22(31-10-5-16-46(31)2)50-38-36-37(48(21-44-36)27-14-17-47(26(18-27)13-15-42)39(49)24-11-12-24)29-19-30(40)33(34(41)35(29)45-38)28-9-4-7-23-6-3-8-25(20-43)32(23)28/h3-4,6-9,19,21-22,24,26-27,31H,5,10-14,16-18H2,1-2H3/t22-,26+,27-,31-/m0/s1. The van der Waals surface area contributed by atoms with Crippen molar-refractivity contribution in [3.63, 3.8) is 0 Å². The molecule has 0 spiro atoms. The highest BCUT2D eigenvalue weighted by Crippen LogP contribution is 2.44. The zero-order valence-electron chi connectivity index (χ0n) is 28.1. The number of rotatable bonds is 7. The van der Waals surface area contributed by atoms with E-state index in [1.807, 2.05) is 40.7 Å². The van der Waals surface area contributed by atoms with E-state index in [9.17, 15) is 15.3 Å². The molecule has 1 saturated carbocycles. The molecule has 11 heteroatoms. The van der Waals surface area contributed by atoms with Gasteiger partial charge in [0, 0.05) is 46.9 Å². The number of imidazole rings is 1. The van der Waals surface area contributed by atoms with E-state index >= 15 is 4.39 Å². The second kappa shape index (κ2) is 12.8. The van der Waals surface area contributed by atoms with Gasteiger partial charge in [0.15, 0.2) is 11.3 Å². The summed E-state index contributed by atoms with van der Waals surface area (Å²) in [5.74, 6) is -0.144. The maximum absolute atomic E-state index is 17.2. The number of piperidine rings is 1. The highest BCUT2D eigenvalue weighted by molar-refractivity contribution is 6.35. The molecule has 3 fully saturated rings. The van der Waals surface area contributed by atoms with E-state index < -0.39 is 5.82 Å². The minimum absolute atomic E-state index is 0.0720. The minimum atomic E-state index is -0.606. The number of benzene rings is 3. The Morgan fingerprint density at radius 1 is 1.12 bits per heavy atom. The lowest BCUT2D eigenvalue weighted by Crippen LogP contribution is -2.47. The molecule has 3 aromatic carbocycles. The first-order valence-electron chi connectivity index (χ1n) is 17.4. The lowest BCUT2D eigenvalue weighted by atomic mass is 9.93. The molecule has 254 valence electrons. The van der Waals surface area contributed by atoms with Crippen molar-refractivity contribution in [2.75, 3.05) is 20.1 Å². The van der Waals surface area contributed by atoms with Crippen LogP contribution in [0.5, 0.6) is 5.88 Å². The predicted molar refractivity (Wildman–Crippen MR) is 190 cm³/mol. The first-order chi connectivity index (χ1) is 24.3. The van der Waals surface area contributed by atoms with Gasteiger partial charge in [-0.25, -0.2) is 14.4 Å². The summed E-state index contributed by atoms with van der Waals surface area (Å²) in [7, 11) is 2.08. The van der Waals surface area contributed by atoms with Crippen molar-refractivity contribution in [1.29, 1.82) is 10.5 Å². The third-order valence-electron chi connectivity index (χ3n) is 11.0. The van der Waals surface area contributed by atoms with Crippen molar-refractivity contribution in [2.45, 2.75) is 76.1 Å². The Morgan fingerprint density at radius 2 is 1.92 bits per heavy atom. The zero-order valence-corrected chi connectivity index (χ0v) is 28.8. The second-order valence-electron chi connectivity index (χ2n) is 14.0. The van der Waals surface area contributed by atoms with E-state index in [2.05, 4.69) is 24.1 Å². The number of likely N-dealkylation sites (N-methyl/N-ethyl adjacent to an activating group) is 1. The van der Waals surface area contributed by atoms with Crippen molar-refractivity contribution >= 4 is 50.2 Å². The molecule has 4 heterocycles. The van der Waals surface area contributed by atoms with Crippen LogP contribution < -0.4 is 4.74 Å². The van der Waals surface area contributed by atoms with Crippen molar-refractivity contribution in [1.82, 2.24) is 24.3 Å². The highest BCUT2D eigenvalue weighted by Gasteiger charge is 2.40. The Morgan fingerprint density at radius 3 is 2.64 bits per heavy atom. The number of carbonyl (C=O) groups excluding carboxylic acids is 1. The first-order valence-corrected chi connectivity index (χ1v) is 17.8. The van der Waals surface area contributed by atoms with Gasteiger partial charge >= 0.3 is 0 Å². The number of nitriles is 2. The van der Waals surface area contributed by atoms with Crippen LogP contribution in [0.2, 0.25) is 5.02 Å². The Labute approximate surface area is 294 Å². The fourth-order valence-corrected chi connectivity index (χ4v) is 8.60. The maximum Gasteiger partial charge on any atom is 0.243 e. The fraction of sp³-hybridized carbons (Fsp3) is 0.410. The molecule has 8 rings (SSSR count). The molecule has 2 saturated heterocycles. The van der Waals surface area contributed by atoms with E-state index in [1.165, 1.54) is 0 Å². The average molecular weight is 690 g/mol. The molecular formula is C39H37ClFN7O2. The van der Waals surface area contributed by atoms with Gasteiger partial charge in [-0.1, -0.05) is 41.9 Å². The molecule has 2 aromatic heterocycles.